The van der Waals surface area contributed by atoms with Gasteiger partial charge in [-0.1, -0.05) is 0 Å². The van der Waals surface area contributed by atoms with Crippen LogP contribution in [0.15, 0.2) is 18.2 Å². The Morgan fingerprint density at radius 1 is 1.19 bits per heavy atom. The van der Waals surface area contributed by atoms with Crippen LogP contribution in [0.5, 0.6) is 0 Å². The van der Waals surface area contributed by atoms with E-state index >= 15 is 0 Å². The van der Waals surface area contributed by atoms with Crippen LogP contribution in [0, 0.1) is 10.1 Å². The minimum absolute atomic E-state index is 0.0417. The molecular weight excluding hydrogens is 289 g/mol. The van der Waals surface area contributed by atoms with Gasteiger partial charge in [0.25, 0.3) is 5.69 Å². The number of alkyl halides is 3. The molecule has 0 heterocycles. The summed E-state index contributed by atoms with van der Waals surface area (Å²) >= 11 is 0. The molecule has 0 atom stereocenters. The lowest BCUT2D eigenvalue weighted by Crippen LogP contribution is -2.51. The Hall–Kier alpha value is -1.83. The van der Waals surface area contributed by atoms with Crippen molar-refractivity contribution in [2.24, 2.45) is 0 Å². The van der Waals surface area contributed by atoms with Crippen molar-refractivity contribution in [1.29, 1.82) is 0 Å². The summed E-state index contributed by atoms with van der Waals surface area (Å²) in [5.41, 5.74) is -4.45. The molecule has 0 aromatic heterocycles. The highest BCUT2D eigenvalue weighted by atomic mass is 19.4. The molecule has 5 nitrogen and oxygen atoms in total. The molecule has 0 amide bonds. The second kappa shape index (κ2) is 5.18. The van der Waals surface area contributed by atoms with Gasteiger partial charge in [-0.2, -0.15) is 13.2 Å². The lowest BCUT2D eigenvalue weighted by molar-refractivity contribution is -0.388. The Morgan fingerprint density at radius 2 is 1.71 bits per heavy atom. The standard InChI is InChI=1S/C13H17F3N2O3/c1-11(2,12(3,4)19)17-8-5-6-10(18(20)21)9(7-8)13(14,15)16/h5-7,17,19H,1-4H3. The first-order chi connectivity index (χ1) is 9.25. The molecule has 0 saturated heterocycles. The van der Waals surface area contributed by atoms with E-state index < -0.39 is 33.5 Å². The summed E-state index contributed by atoms with van der Waals surface area (Å²) in [5, 5.41) is 23.4. The van der Waals surface area contributed by atoms with Crippen molar-refractivity contribution >= 4 is 11.4 Å². The highest BCUT2D eigenvalue weighted by Crippen LogP contribution is 2.38. The van der Waals surface area contributed by atoms with Crippen LogP contribution in [0.25, 0.3) is 0 Å². The van der Waals surface area contributed by atoms with Crippen LogP contribution in [0.2, 0.25) is 0 Å². The Kier molecular flexibility index (Phi) is 4.24. The van der Waals surface area contributed by atoms with Crippen molar-refractivity contribution in [3.8, 4) is 0 Å². The molecule has 118 valence electrons. The fourth-order valence-corrected chi connectivity index (χ4v) is 1.51. The second-order valence-electron chi connectivity index (χ2n) is 5.80. The van der Waals surface area contributed by atoms with Crippen molar-refractivity contribution in [1.82, 2.24) is 0 Å². The van der Waals surface area contributed by atoms with Gasteiger partial charge in [-0.3, -0.25) is 10.1 Å². The number of benzene rings is 1. The van der Waals surface area contributed by atoms with E-state index in [1.807, 2.05) is 0 Å². The number of halogens is 3. The van der Waals surface area contributed by atoms with E-state index in [2.05, 4.69) is 5.32 Å². The molecule has 1 rings (SSSR count). The van der Waals surface area contributed by atoms with E-state index in [1.54, 1.807) is 13.8 Å². The quantitative estimate of drug-likeness (QED) is 0.658. The predicted molar refractivity (Wildman–Crippen MR) is 72.1 cm³/mol. The van der Waals surface area contributed by atoms with Crippen LogP contribution in [0.3, 0.4) is 0 Å². The summed E-state index contributed by atoms with van der Waals surface area (Å²) in [4.78, 5) is 9.59. The molecule has 0 saturated carbocycles. The highest BCUT2D eigenvalue weighted by Gasteiger charge is 2.40. The zero-order chi connectivity index (χ0) is 16.6. The maximum Gasteiger partial charge on any atom is 0.423 e. The minimum atomic E-state index is -4.83. The van der Waals surface area contributed by atoms with E-state index in [-0.39, 0.29) is 5.69 Å². The summed E-state index contributed by atoms with van der Waals surface area (Å²) in [6.07, 6.45) is -4.83. The number of aliphatic hydroxyl groups is 1. The number of nitrogens with zero attached hydrogens (tertiary/aromatic N) is 1. The zero-order valence-electron chi connectivity index (χ0n) is 12.1. The van der Waals surface area contributed by atoms with Gasteiger partial charge in [-0.25, -0.2) is 0 Å². The average molecular weight is 306 g/mol. The second-order valence-corrected chi connectivity index (χ2v) is 5.80. The van der Waals surface area contributed by atoms with Gasteiger partial charge in [0.1, 0.15) is 5.56 Å². The molecule has 0 radical (unpaired) electrons. The molecule has 0 aliphatic heterocycles. The molecular formula is C13H17F3N2O3. The maximum atomic E-state index is 12.9. The third-order valence-electron chi connectivity index (χ3n) is 3.48. The van der Waals surface area contributed by atoms with Crippen molar-refractivity contribution in [2.75, 3.05) is 5.32 Å². The van der Waals surface area contributed by atoms with Crippen LogP contribution in [-0.4, -0.2) is 21.2 Å². The fraction of sp³-hybridized carbons (Fsp3) is 0.538. The van der Waals surface area contributed by atoms with Crippen LogP contribution in [-0.2, 0) is 6.18 Å². The number of hydrogen-bond donors (Lipinski definition) is 2. The van der Waals surface area contributed by atoms with E-state index in [9.17, 15) is 28.4 Å². The Morgan fingerprint density at radius 3 is 2.10 bits per heavy atom. The number of hydrogen-bond acceptors (Lipinski definition) is 4. The monoisotopic (exact) mass is 306 g/mol. The molecule has 0 unspecified atom stereocenters. The molecule has 8 heteroatoms. The number of rotatable bonds is 4. The minimum Gasteiger partial charge on any atom is -0.388 e. The van der Waals surface area contributed by atoms with Gasteiger partial charge in [-0.05, 0) is 39.8 Å². The summed E-state index contributed by atoms with van der Waals surface area (Å²) in [6.45, 7) is 6.25. The van der Waals surface area contributed by atoms with E-state index in [0.717, 1.165) is 6.07 Å². The first-order valence-electron chi connectivity index (χ1n) is 6.12. The SMILES string of the molecule is CC(C)(O)C(C)(C)Nc1ccc([N+](=O)[O-])c(C(F)(F)F)c1. The zero-order valence-corrected chi connectivity index (χ0v) is 12.1. The van der Waals surface area contributed by atoms with Gasteiger partial charge < -0.3 is 10.4 Å². The number of anilines is 1. The molecule has 1 aromatic rings. The van der Waals surface area contributed by atoms with E-state index in [0.29, 0.717) is 6.07 Å². The largest absolute Gasteiger partial charge is 0.423 e. The molecule has 0 fully saturated rings. The lowest BCUT2D eigenvalue weighted by atomic mass is 9.85. The molecule has 1 aromatic carbocycles. The summed E-state index contributed by atoms with van der Waals surface area (Å²) in [5.74, 6) is 0. The van der Waals surface area contributed by atoms with Gasteiger partial charge in [0, 0.05) is 11.8 Å². The Labute approximate surface area is 119 Å². The van der Waals surface area contributed by atoms with Gasteiger partial charge in [-0.15, -0.1) is 0 Å². The van der Waals surface area contributed by atoms with Gasteiger partial charge >= 0.3 is 6.18 Å². The van der Waals surface area contributed by atoms with Gasteiger partial charge in [0.05, 0.1) is 16.1 Å². The number of nitrogens with one attached hydrogen (secondary N) is 1. The van der Waals surface area contributed by atoms with E-state index in [4.69, 9.17) is 0 Å². The first-order valence-corrected chi connectivity index (χ1v) is 6.12. The van der Waals surface area contributed by atoms with Crippen LogP contribution in [0.4, 0.5) is 24.5 Å². The molecule has 0 bridgehead atoms. The average Bonchev–Trinajstić information content (AvgIpc) is 2.25. The topological polar surface area (TPSA) is 75.4 Å². The first kappa shape index (κ1) is 17.2. The Bertz CT molecular complexity index is 549. The fourth-order valence-electron chi connectivity index (χ4n) is 1.51. The molecule has 21 heavy (non-hydrogen) atoms. The van der Waals surface area contributed by atoms with E-state index in [1.165, 1.54) is 19.9 Å². The lowest BCUT2D eigenvalue weighted by Gasteiger charge is -2.39. The summed E-state index contributed by atoms with van der Waals surface area (Å²) in [6, 6.07) is 2.65. The smallest absolute Gasteiger partial charge is 0.388 e. The number of nitro groups is 1. The van der Waals surface area contributed by atoms with Crippen LogP contribution >= 0.6 is 0 Å². The van der Waals surface area contributed by atoms with Crippen LogP contribution in [0.1, 0.15) is 33.3 Å². The van der Waals surface area contributed by atoms with Crippen molar-refractivity contribution in [3.05, 3.63) is 33.9 Å². The van der Waals surface area contributed by atoms with Crippen molar-refractivity contribution in [3.63, 3.8) is 0 Å². The number of nitro benzene ring substituents is 1. The van der Waals surface area contributed by atoms with Gasteiger partial charge in [0.2, 0.25) is 0 Å². The highest BCUT2D eigenvalue weighted by molar-refractivity contribution is 5.56. The summed E-state index contributed by atoms with van der Waals surface area (Å²) in [7, 11) is 0. The van der Waals surface area contributed by atoms with Crippen LogP contribution < -0.4 is 5.32 Å². The molecule has 2 N–H and O–H groups in total. The molecule has 0 spiro atoms. The third-order valence-corrected chi connectivity index (χ3v) is 3.48. The predicted octanol–water partition coefficient (Wildman–Crippen LogP) is 3.58. The van der Waals surface area contributed by atoms with Crippen molar-refractivity contribution < 1.29 is 23.2 Å². The Balaban J connectivity index is 3.28. The van der Waals surface area contributed by atoms with Gasteiger partial charge in [0.15, 0.2) is 0 Å². The van der Waals surface area contributed by atoms with Crippen molar-refractivity contribution in [2.45, 2.75) is 45.0 Å². The molecule has 0 aliphatic rings. The maximum absolute atomic E-state index is 12.9. The third kappa shape index (κ3) is 3.84. The summed E-state index contributed by atoms with van der Waals surface area (Å²) < 4.78 is 38.6. The normalized spacial score (nSPS) is 13.1. The molecule has 0 aliphatic carbocycles.